The highest BCUT2D eigenvalue weighted by molar-refractivity contribution is 8.00. The van der Waals surface area contributed by atoms with Gasteiger partial charge in [0.05, 0.1) is 33.1 Å². The fourth-order valence-electron chi connectivity index (χ4n) is 17.6. The summed E-state index contributed by atoms with van der Waals surface area (Å²) in [5, 5.41) is 2.01. The van der Waals surface area contributed by atoms with Crippen molar-refractivity contribution < 1.29 is 15.4 Å². The molecule has 2 aromatic heterocycles. The van der Waals surface area contributed by atoms with E-state index in [2.05, 4.69) is 290 Å². The fraction of sp³-hybridized carbons (Fsp3) is 0.0103. The third kappa shape index (κ3) is 8.28. The molecule has 0 amide bonds. The van der Waals surface area contributed by atoms with E-state index in [4.69, 9.17) is 7.16 Å². The molecule has 0 N–H and O–H groups in total. The number of rotatable bonds is 8. The Bertz CT molecular complexity index is 6850. The zero-order chi connectivity index (χ0) is 73.7. The predicted molar refractivity (Wildman–Crippen MR) is 427 cm³/mol. The number of anilines is 3. The van der Waals surface area contributed by atoms with E-state index in [1.807, 2.05) is 24.3 Å². The molecule has 0 fully saturated rings. The van der Waals surface area contributed by atoms with Crippen molar-refractivity contribution in [2.75, 3.05) is 4.90 Å². The summed E-state index contributed by atoms with van der Waals surface area (Å²) in [5.74, 6) is 0. The minimum absolute atomic E-state index is 0.00771. The fourth-order valence-corrected chi connectivity index (χ4v) is 19.0. The van der Waals surface area contributed by atoms with Gasteiger partial charge in [-0.25, -0.2) is 0 Å². The highest BCUT2D eigenvalue weighted by atomic mass is 32.2. The quantitative estimate of drug-likeness (QED) is 0.142. The van der Waals surface area contributed by atoms with Crippen molar-refractivity contribution in [3.8, 4) is 94.7 Å². The molecule has 0 unspecified atom stereocenters. The van der Waals surface area contributed by atoms with Gasteiger partial charge in [0.25, 0.3) is 0 Å². The van der Waals surface area contributed by atoms with Gasteiger partial charge in [-0.05, 0) is 184 Å². The van der Waals surface area contributed by atoms with E-state index in [9.17, 15) is 8.22 Å². The van der Waals surface area contributed by atoms with Crippen LogP contribution in [0, 0.1) is 0 Å². The van der Waals surface area contributed by atoms with Crippen molar-refractivity contribution in [3.63, 3.8) is 0 Å². The van der Waals surface area contributed by atoms with Gasteiger partial charge in [-0.15, -0.1) is 0 Å². The smallest absolute Gasteiger partial charge is 0.249 e. The molecule has 16 aromatic carbocycles. The molecular formula is C97H59BN2OS. The van der Waals surface area contributed by atoms with Crippen molar-refractivity contribution in [1.29, 1.82) is 0 Å². The molecule has 4 aliphatic rings. The summed E-state index contributed by atoms with van der Waals surface area (Å²) < 4.78 is 83.9. The van der Waals surface area contributed by atoms with Gasteiger partial charge in [0.15, 0.2) is 0 Å². The first-order chi connectivity index (χ1) is 53.9. The molecule has 22 rings (SSSR count). The van der Waals surface area contributed by atoms with Gasteiger partial charge in [0.2, 0.25) is 6.71 Å². The largest absolute Gasteiger partial charge is 0.456 e. The van der Waals surface area contributed by atoms with Crippen molar-refractivity contribution in [1.82, 2.24) is 4.57 Å². The minimum atomic E-state index is -0.501. The highest BCUT2D eigenvalue weighted by Crippen LogP contribution is 2.63. The number of nitrogens with zero attached hydrogens (tertiary/aromatic N) is 2. The molecule has 1 spiro atoms. The Morgan fingerprint density at radius 1 is 0.333 bits per heavy atom. The first kappa shape index (κ1) is 49.8. The number of para-hydroxylation sites is 3. The number of fused-ring (bicyclic) bond motifs is 21. The second kappa shape index (κ2) is 22.2. The van der Waals surface area contributed by atoms with Gasteiger partial charge in [-0.2, -0.15) is 0 Å². The average Bonchev–Trinajstić information content (AvgIpc) is 1.46. The number of furan rings is 1. The maximum Gasteiger partial charge on any atom is 0.249 e. The SMILES string of the molecule is [2H]c1c([2H])c([2H])c2c(c1[2H])c1c([2H])c([2H])c([2H])c([2H])c1n2-c1ccc2c(c1)N(c1c(-c3cccc(-c4ccccc4)c3)cccc1-c1cccc(-c3ccccc3)c1)c1cc(-c3ccccc3)cc3c1B2c1ccc2oc4ccc(-c5ccc6c(c5)-c5ccccc5C65c6ccccc6-c6ccccc65)cc4c2c1S3. The lowest BCUT2D eigenvalue weighted by molar-refractivity contribution is 0.668. The van der Waals surface area contributed by atoms with Crippen LogP contribution in [-0.2, 0) is 5.41 Å². The lowest BCUT2D eigenvalue weighted by Gasteiger charge is -2.42. The van der Waals surface area contributed by atoms with Crippen LogP contribution in [0.4, 0.5) is 17.1 Å². The van der Waals surface area contributed by atoms with Crippen LogP contribution >= 0.6 is 11.8 Å². The summed E-state index contributed by atoms with van der Waals surface area (Å²) in [6.07, 6.45) is 0. The Morgan fingerprint density at radius 2 is 0.814 bits per heavy atom. The van der Waals surface area contributed by atoms with Crippen molar-refractivity contribution in [2.24, 2.45) is 0 Å². The molecule has 0 bridgehead atoms. The van der Waals surface area contributed by atoms with Gasteiger partial charge < -0.3 is 13.9 Å². The maximum atomic E-state index is 9.80. The van der Waals surface area contributed by atoms with E-state index >= 15 is 0 Å². The zero-order valence-electron chi connectivity index (χ0n) is 62.7. The zero-order valence-corrected chi connectivity index (χ0v) is 55.5. The molecule has 2 aliphatic heterocycles. The lowest BCUT2D eigenvalue weighted by Crippen LogP contribution is -2.60. The lowest BCUT2D eigenvalue weighted by atomic mass is 9.34. The Labute approximate surface area is 606 Å². The minimum Gasteiger partial charge on any atom is -0.456 e. The van der Waals surface area contributed by atoms with Crippen molar-refractivity contribution >= 4 is 95.7 Å². The molecule has 102 heavy (non-hydrogen) atoms. The van der Waals surface area contributed by atoms with E-state index in [1.54, 1.807) is 16.3 Å². The third-order valence-corrected chi connectivity index (χ3v) is 23.1. The molecule has 0 radical (unpaired) electrons. The molecule has 4 heterocycles. The Kier molecular flexibility index (Phi) is 10.8. The first-order valence-electron chi connectivity index (χ1n) is 38.7. The van der Waals surface area contributed by atoms with Gasteiger partial charge in [0.1, 0.15) is 11.2 Å². The number of benzene rings is 16. The summed E-state index contributed by atoms with van der Waals surface area (Å²) in [6.45, 7) is -0.431. The van der Waals surface area contributed by atoms with Crippen LogP contribution in [0.5, 0.6) is 0 Å². The molecule has 2 aliphatic carbocycles. The summed E-state index contributed by atoms with van der Waals surface area (Å²) in [7, 11) is 0. The molecule has 5 heteroatoms. The van der Waals surface area contributed by atoms with Crippen molar-refractivity contribution in [3.05, 3.63) is 380 Å². The normalized spacial score (nSPS) is 14.4. The third-order valence-electron chi connectivity index (χ3n) is 21.9. The standard InChI is InChI=1S/C97H59BN2OS/c1-4-23-60(24-5-1)63-29-20-31-67(53-63)71-38-22-39-72(68-32-21-30-64(54-68)61-25-6-2-7-26-61)95(71)100-88-59-70(99-86-43-18-13-36-76(86)77-37-14-19-44-87(77)99)47-49-84(88)98-85-50-52-91-93(96(85)102-92-58-69(57-89(100)94(92)98)62-27-8-3-9-28-62)79-56-66(46-51-90(79)101-91)65-45-48-83-78(55-65)75-35-12-17-42-82(75)97(83)80-40-15-10-33-73(80)74-34-11-16-41-81(74)97/h1-59H/i13D,14D,18D,19D,36D,37D,43D,44D. The number of hydrogen-bond donors (Lipinski definition) is 0. The van der Waals surface area contributed by atoms with Crippen LogP contribution in [0.3, 0.4) is 0 Å². The van der Waals surface area contributed by atoms with Gasteiger partial charge >= 0.3 is 0 Å². The van der Waals surface area contributed by atoms with Crippen LogP contribution < -0.4 is 21.3 Å². The van der Waals surface area contributed by atoms with Gasteiger partial charge in [-0.3, -0.25) is 0 Å². The Balaban J connectivity index is 0.817. The molecule has 472 valence electrons. The van der Waals surface area contributed by atoms with Crippen LogP contribution in [0.1, 0.15) is 33.2 Å². The Morgan fingerprint density at radius 3 is 1.44 bits per heavy atom. The van der Waals surface area contributed by atoms with E-state index in [1.165, 1.54) is 44.5 Å². The van der Waals surface area contributed by atoms with Crippen LogP contribution in [0.15, 0.2) is 372 Å². The topological polar surface area (TPSA) is 21.3 Å². The van der Waals surface area contributed by atoms with Gasteiger partial charge in [-0.1, -0.05) is 302 Å². The highest BCUT2D eigenvalue weighted by Gasteiger charge is 2.52. The molecular weight excluding hydrogens is 1250 g/mol. The summed E-state index contributed by atoms with van der Waals surface area (Å²) in [6, 6.07) is 108. The number of hydrogen-bond acceptors (Lipinski definition) is 3. The molecule has 3 nitrogen and oxygen atoms in total. The summed E-state index contributed by atoms with van der Waals surface area (Å²) in [4.78, 5) is 4.53. The van der Waals surface area contributed by atoms with E-state index in [0.29, 0.717) is 5.69 Å². The van der Waals surface area contributed by atoms with Crippen molar-refractivity contribution in [2.45, 2.75) is 15.2 Å². The van der Waals surface area contributed by atoms with E-state index in [-0.39, 0.29) is 33.9 Å². The molecule has 0 atom stereocenters. The molecule has 0 saturated heterocycles. The molecule has 18 aromatic rings. The van der Waals surface area contributed by atoms with Crippen LogP contribution in [0.2, 0.25) is 0 Å². The second-order valence-electron chi connectivity index (χ2n) is 27.1. The first-order valence-corrected chi connectivity index (χ1v) is 35.5. The molecule has 0 saturated carbocycles. The van der Waals surface area contributed by atoms with E-state index in [0.717, 1.165) is 132 Å². The van der Waals surface area contributed by atoms with Crippen LogP contribution in [-0.4, -0.2) is 11.3 Å². The average molecular weight is 1320 g/mol. The maximum absolute atomic E-state index is 9.80. The van der Waals surface area contributed by atoms with Gasteiger partial charge in [0, 0.05) is 59.5 Å². The Hall–Kier alpha value is -12.7. The predicted octanol–water partition coefficient (Wildman–Crippen LogP) is 23.8. The number of aromatic nitrogens is 1. The monoisotopic (exact) mass is 1320 g/mol. The second-order valence-corrected chi connectivity index (χ2v) is 28.1. The van der Waals surface area contributed by atoms with E-state index < -0.39 is 48.4 Å². The summed E-state index contributed by atoms with van der Waals surface area (Å²) in [5.41, 5.74) is 29.6. The summed E-state index contributed by atoms with van der Waals surface area (Å²) >= 11 is 1.77. The van der Waals surface area contributed by atoms with Crippen LogP contribution in [0.25, 0.3) is 138 Å².